The molecule has 0 aromatic carbocycles. The fourth-order valence-electron chi connectivity index (χ4n) is 4.20. The average molecular weight is 375 g/mol. The second-order valence-corrected chi connectivity index (χ2v) is 8.06. The number of carbonyl (C=O) groups excluding carboxylic acids is 3. The van der Waals surface area contributed by atoms with Gasteiger partial charge in [0.15, 0.2) is 5.78 Å². The van der Waals surface area contributed by atoms with Crippen LogP contribution in [-0.2, 0) is 14.3 Å². The van der Waals surface area contributed by atoms with E-state index in [0.717, 1.165) is 25.7 Å². The molecular formula is C20H29N3O4. The summed E-state index contributed by atoms with van der Waals surface area (Å²) in [5, 5.41) is 5.71. The number of hydrogen-bond donors (Lipinski definition) is 3. The fourth-order valence-corrected chi connectivity index (χ4v) is 4.20. The van der Waals surface area contributed by atoms with E-state index in [4.69, 9.17) is 4.74 Å². The highest BCUT2D eigenvalue weighted by molar-refractivity contribution is 5.98. The Morgan fingerprint density at radius 1 is 1.37 bits per heavy atom. The van der Waals surface area contributed by atoms with Gasteiger partial charge in [0.2, 0.25) is 5.91 Å². The van der Waals surface area contributed by atoms with E-state index in [1.165, 1.54) is 0 Å². The summed E-state index contributed by atoms with van der Waals surface area (Å²) in [6.45, 7) is 4.12. The second kappa shape index (κ2) is 8.25. The van der Waals surface area contributed by atoms with Gasteiger partial charge in [-0.1, -0.05) is 26.7 Å². The second-order valence-electron chi connectivity index (χ2n) is 8.06. The van der Waals surface area contributed by atoms with Crippen LogP contribution in [0.3, 0.4) is 0 Å². The lowest BCUT2D eigenvalue weighted by atomic mass is 9.81. The number of hydrogen-bond acceptors (Lipinski definition) is 4. The number of ether oxygens (including phenoxy) is 1. The quantitative estimate of drug-likeness (QED) is 0.678. The molecule has 2 fully saturated rings. The van der Waals surface area contributed by atoms with E-state index in [1.54, 1.807) is 18.5 Å². The maximum Gasteiger partial charge on any atom is 0.253 e. The molecule has 3 N–H and O–H groups in total. The van der Waals surface area contributed by atoms with Crippen LogP contribution in [0.25, 0.3) is 0 Å². The molecule has 1 aromatic rings. The van der Waals surface area contributed by atoms with Crippen LogP contribution in [0.15, 0.2) is 18.5 Å². The number of ketones is 1. The van der Waals surface area contributed by atoms with Gasteiger partial charge in [-0.2, -0.15) is 0 Å². The van der Waals surface area contributed by atoms with Crippen LogP contribution in [0.4, 0.5) is 0 Å². The van der Waals surface area contributed by atoms with Crippen LogP contribution in [0.5, 0.6) is 0 Å². The van der Waals surface area contributed by atoms with Crippen LogP contribution < -0.4 is 10.6 Å². The number of amides is 2. The topological polar surface area (TPSA) is 100 Å². The van der Waals surface area contributed by atoms with E-state index in [2.05, 4.69) is 22.5 Å². The first-order chi connectivity index (χ1) is 12.9. The Hall–Kier alpha value is -2.15. The van der Waals surface area contributed by atoms with Crippen molar-refractivity contribution in [3.05, 3.63) is 24.0 Å². The summed E-state index contributed by atoms with van der Waals surface area (Å²) in [5.74, 6) is -0.716. The zero-order valence-corrected chi connectivity index (χ0v) is 16.0. The molecule has 1 aliphatic heterocycles. The van der Waals surface area contributed by atoms with E-state index in [1.807, 2.05) is 6.92 Å². The van der Waals surface area contributed by atoms with Gasteiger partial charge in [-0.3, -0.25) is 14.4 Å². The van der Waals surface area contributed by atoms with Crippen molar-refractivity contribution in [1.82, 2.24) is 15.6 Å². The van der Waals surface area contributed by atoms with E-state index in [9.17, 15) is 14.4 Å². The lowest BCUT2D eigenvalue weighted by molar-refractivity contribution is -0.128. The Balaban J connectivity index is 1.72. The monoisotopic (exact) mass is 375 g/mol. The minimum absolute atomic E-state index is 0.0216. The summed E-state index contributed by atoms with van der Waals surface area (Å²) in [6, 6.07) is 0.357. The smallest absolute Gasteiger partial charge is 0.253 e. The Labute approximate surface area is 159 Å². The largest absolute Gasteiger partial charge is 0.368 e. The number of Topliss-reactive ketones (excluding diaryl/α,β-unsaturated/α-hetero) is 1. The lowest BCUT2D eigenvalue weighted by Gasteiger charge is -2.30. The van der Waals surface area contributed by atoms with Gasteiger partial charge in [0.25, 0.3) is 5.91 Å². The third-order valence-electron chi connectivity index (χ3n) is 5.85. The Morgan fingerprint density at radius 2 is 2.11 bits per heavy atom. The van der Waals surface area contributed by atoms with E-state index < -0.39 is 12.1 Å². The van der Waals surface area contributed by atoms with Gasteiger partial charge in [-0.05, 0) is 37.2 Å². The van der Waals surface area contributed by atoms with Crippen LogP contribution in [0, 0.1) is 5.41 Å². The predicted molar refractivity (Wildman–Crippen MR) is 100 cm³/mol. The summed E-state index contributed by atoms with van der Waals surface area (Å²) in [5.41, 5.74) is 0.504. The lowest BCUT2D eigenvalue weighted by Crippen LogP contribution is -2.54. The minimum atomic E-state index is -0.679. The van der Waals surface area contributed by atoms with Gasteiger partial charge in [0.05, 0.1) is 11.7 Å². The maximum atomic E-state index is 13.0. The summed E-state index contributed by atoms with van der Waals surface area (Å²) in [4.78, 5) is 40.5. The van der Waals surface area contributed by atoms with Crippen molar-refractivity contribution in [2.45, 2.75) is 70.6 Å². The first-order valence-corrected chi connectivity index (χ1v) is 9.80. The zero-order valence-electron chi connectivity index (χ0n) is 16.0. The van der Waals surface area contributed by atoms with Gasteiger partial charge < -0.3 is 20.4 Å². The molecule has 7 heteroatoms. The maximum absolute atomic E-state index is 13.0. The number of aromatic amines is 1. The molecular weight excluding hydrogens is 346 g/mol. The van der Waals surface area contributed by atoms with E-state index >= 15 is 0 Å². The molecule has 2 aliphatic rings. The van der Waals surface area contributed by atoms with Crippen LogP contribution in [0.2, 0.25) is 0 Å². The number of aromatic nitrogens is 1. The standard InChI is InChI=1S/C20H29N3O4/c1-3-16-17(15(24)12-27-16)23-19(26)14(10-20(2)7-4-5-8-20)22-18(25)13-6-9-21-11-13/h6,9,11,14,16-17,21H,3-5,7-8,10,12H2,1-2H3,(H,22,25)(H,23,26)/t14-,16+,17?/m0/s1. The highest BCUT2D eigenvalue weighted by Gasteiger charge is 2.39. The predicted octanol–water partition coefficient (Wildman–Crippen LogP) is 1.95. The molecule has 0 radical (unpaired) electrons. The number of nitrogens with one attached hydrogen (secondary N) is 3. The van der Waals surface area contributed by atoms with Gasteiger partial charge >= 0.3 is 0 Å². The summed E-state index contributed by atoms with van der Waals surface area (Å²) < 4.78 is 5.45. The Bertz CT molecular complexity index is 679. The van der Waals surface area contributed by atoms with Gasteiger partial charge in [0.1, 0.15) is 18.7 Å². The Kier molecular flexibility index (Phi) is 5.99. The highest BCUT2D eigenvalue weighted by atomic mass is 16.5. The molecule has 0 bridgehead atoms. The third-order valence-corrected chi connectivity index (χ3v) is 5.85. The first kappa shape index (κ1) is 19.6. The molecule has 7 nitrogen and oxygen atoms in total. The van der Waals surface area contributed by atoms with Crippen molar-refractivity contribution in [2.24, 2.45) is 5.41 Å². The van der Waals surface area contributed by atoms with Crippen molar-refractivity contribution in [3.8, 4) is 0 Å². The highest BCUT2D eigenvalue weighted by Crippen LogP contribution is 2.41. The molecule has 2 heterocycles. The van der Waals surface area contributed by atoms with Gasteiger partial charge in [-0.15, -0.1) is 0 Å². The van der Waals surface area contributed by atoms with Crippen molar-refractivity contribution in [3.63, 3.8) is 0 Å². The van der Waals surface area contributed by atoms with Crippen LogP contribution >= 0.6 is 0 Å². The molecule has 27 heavy (non-hydrogen) atoms. The summed E-state index contributed by atoms with van der Waals surface area (Å²) >= 11 is 0. The molecule has 1 aliphatic carbocycles. The zero-order chi connectivity index (χ0) is 19.4. The van der Waals surface area contributed by atoms with Crippen LogP contribution in [-0.4, -0.2) is 47.4 Å². The van der Waals surface area contributed by atoms with Gasteiger partial charge in [-0.25, -0.2) is 0 Å². The SMILES string of the molecule is CC[C@H]1OCC(=O)C1NC(=O)[C@H](CC1(C)CCCC1)NC(=O)c1cc[nH]c1. The van der Waals surface area contributed by atoms with E-state index in [0.29, 0.717) is 18.4 Å². The molecule has 148 valence electrons. The number of carbonyl (C=O) groups is 3. The molecule has 1 unspecified atom stereocenters. The average Bonchev–Trinajstić information content (AvgIpc) is 3.37. The van der Waals surface area contributed by atoms with Crippen molar-refractivity contribution < 1.29 is 19.1 Å². The third kappa shape index (κ3) is 4.58. The molecule has 1 aromatic heterocycles. The summed E-state index contributed by atoms with van der Waals surface area (Å²) in [6.07, 6.45) is 8.55. The molecule has 3 atom stereocenters. The Morgan fingerprint density at radius 3 is 2.74 bits per heavy atom. The van der Waals surface area contributed by atoms with Crippen molar-refractivity contribution >= 4 is 17.6 Å². The van der Waals surface area contributed by atoms with Gasteiger partial charge in [0, 0.05) is 12.4 Å². The molecule has 2 amide bonds. The van der Waals surface area contributed by atoms with E-state index in [-0.39, 0.29) is 35.7 Å². The molecule has 1 saturated carbocycles. The fraction of sp³-hybridized carbons (Fsp3) is 0.650. The molecule has 3 rings (SSSR count). The first-order valence-electron chi connectivity index (χ1n) is 9.80. The van der Waals surface area contributed by atoms with Crippen molar-refractivity contribution in [2.75, 3.05) is 6.61 Å². The van der Waals surface area contributed by atoms with Crippen molar-refractivity contribution in [1.29, 1.82) is 0 Å². The number of H-pyrrole nitrogens is 1. The molecule has 1 saturated heterocycles. The normalized spacial score (nSPS) is 25.3. The summed E-state index contributed by atoms with van der Waals surface area (Å²) in [7, 11) is 0. The van der Waals surface area contributed by atoms with Crippen LogP contribution in [0.1, 0.15) is 62.7 Å². The number of rotatable bonds is 7. The minimum Gasteiger partial charge on any atom is -0.368 e. The molecule has 0 spiro atoms.